The summed E-state index contributed by atoms with van der Waals surface area (Å²) in [5.41, 5.74) is 0. The molecule has 4 nitrogen and oxygen atoms in total. The van der Waals surface area contributed by atoms with Crippen LogP contribution in [0.2, 0.25) is 0 Å². The lowest BCUT2D eigenvalue weighted by atomic mass is 10.0. The van der Waals surface area contributed by atoms with Crippen molar-refractivity contribution in [1.82, 2.24) is 0 Å². The van der Waals surface area contributed by atoms with Gasteiger partial charge in [-0.1, -0.05) is 288 Å². The Labute approximate surface area is 459 Å². The second-order valence-electron chi connectivity index (χ2n) is 19.6. The predicted octanol–water partition coefficient (Wildman–Crippen LogP) is 22.9. The minimum Gasteiger partial charge on any atom is -0.481 e. The van der Waals surface area contributed by atoms with Gasteiger partial charge in [0.15, 0.2) is 0 Å². The van der Waals surface area contributed by atoms with Crippen LogP contribution in [0.3, 0.4) is 0 Å². The minimum absolute atomic E-state index is 0.0372. The van der Waals surface area contributed by atoms with Gasteiger partial charge in [0.1, 0.15) is 0 Å². The van der Waals surface area contributed by atoms with Crippen molar-refractivity contribution >= 4 is 11.9 Å². The first kappa shape index (κ1) is 71.9. The zero-order chi connectivity index (χ0) is 53.8. The van der Waals surface area contributed by atoms with Gasteiger partial charge in [-0.2, -0.15) is 0 Å². The van der Waals surface area contributed by atoms with Gasteiger partial charge >= 0.3 is 11.9 Å². The van der Waals surface area contributed by atoms with Crippen LogP contribution in [0.1, 0.15) is 278 Å². The van der Waals surface area contributed by atoms with Crippen LogP contribution >= 0.6 is 0 Å². The molecule has 0 saturated carbocycles. The van der Waals surface area contributed by atoms with Crippen molar-refractivity contribution in [3.63, 3.8) is 0 Å². The lowest BCUT2D eigenvalue weighted by Gasteiger charge is -2.03. The molecule has 0 aliphatic rings. The van der Waals surface area contributed by atoms with Gasteiger partial charge in [0, 0.05) is 12.8 Å². The zero-order valence-corrected chi connectivity index (χ0v) is 48.5. The highest BCUT2D eigenvalue weighted by atomic mass is 16.5. The molecule has 1 N–H and O–H groups in total. The first-order chi connectivity index (χ1) is 36.6. The molecule has 0 aromatic carbocycles. The Morgan fingerprint density at radius 2 is 0.473 bits per heavy atom. The van der Waals surface area contributed by atoms with Crippen LogP contribution in [0.25, 0.3) is 0 Å². The summed E-state index contributed by atoms with van der Waals surface area (Å²) < 4.78 is 4.96. The van der Waals surface area contributed by atoms with E-state index in [1.165, 1.54) is 141 Å². The number of carboxylic acids is 1. The maximum absolute atomic E-state index is 11.3. The summed E-state index contributed by atoms with van der Waals surface area (Å²) >= 11 is 0. The van der Waals surface area contributed by atoms with E-state index in [0.29, 0.717) is 19.4 Å². The summed E-state index contributed by atoms with van der Waals surface area (Å²) in [5.74, 6) is -0.697. The van der Waals surface area contributed by atoms with E-state index in [4.69, 9.17) is 9.84 Å². The van der Waals surface area contributed by atoms with Crippen molar-refractivity contribution in [2.75, 3.05) is 6.61 Å². The molecular formula is C70H116O4. The maximum Gasteiger partial charge on any atom is 0.305 e. The number of hydrogen-bond donors (Lipinski definition) is 1. The number of unbranched alkanes of at least 4 members (excludes halogenated alkanes) is 24. The van der Waals surface area contributed by atoms with E-state index in [1.807, 2.05) is 6.92 Å². The highest BCUT2D eigenvalue weighted by Gasteiger charge is 2.01. The van der Waals surface area contributed by atoms with Crippen molar-refractivity contribution in [2.24, 2.45) is 0 Å². The SMILES string of the molecule is CC/C=C\C/C=C\C/C=C\C/C=C\C/C=C\C/C=C\CCCCCCCCCCCCCCC(=O)O.CC/C=C\C/C=C\C/C=C\C/C=C\C/C=C\C/C=C\CCCCCCCCCCCCCCC(=O)OCC. The van der Waals surface area contributed by atoms with Gasteiger partial charge in [0.2, 0.25) is 0 Å². The van der Waals surface area contributed by atoms with E-state index in [-0.39, 0.29) is 5.97 Å². The molecule has 0 rings (SSSR count). The fourth-order valence-corrected chi connectivity index (χ4v) is 8.12. The molecule has 0 bridgehead atoms. The van der Waals surface area contributed by atoms with Gasteiger partial charge in [-0.25, -0.2) is 0 Å². The third-order valence-electron chi connectivity index (χ3n) is 12.5. The Hall–Kier alpha value is -4.18. The fraction of sp³-hybridized carbons (Fsp3) is 0.629. The van der Waals surface area contributed by atoms with Crippen molar-refractivity contribution in [3.8, 4) is 0 Å². The number of esters is 1. The fourth-order valence-electron chi connectivity index (χ4n) is 8.12. The highest BCUT2D eigenvalue weighted by Crippen LogP contribution is 2.15. The summed E-state index contributed by atoms with van der Waals surface area (Å²) in [4.78, 5) is 21.7. The third-order valence-corrected chi connectivity index (χ3v) is 12.5. The summed E-state index contributed by atoms with van der Waals surface area (Å²) in [6.07, 6.45) is 101. The number of carbonyl (C=O) groups excluding carboxylic acids is 1. The quantitative estimate of drug-likeness (QED) is 0.0375. The van der Waals surface area contributed by atoms with E-state index >= 15 is 0 Å². The molecule has 0 aliphatic carbocycles. The Bertz CT molecular complexity index is 1520. The van der Waals surface area contributed by atoms with Crippen molar-refractivity contribution < 1.29 is 19.4 Å². The molecule has 0 aromatic heterocycles. The first-order valence-electron chi connectivity index (χ1n) is 30.8. The molecule has 74 heavy (non-hydrogen) atoms. The van der Waals surface area contributed by atoms with Crippen molar-refractivity contribution in [3.05, 3.63) is 146 Å². The Kier molecular flexibility index (Phi) is 66.9. The number of ether oxygens (including phenoxy) is 1. The van der Waals surface area contributed by atoms with Crippen molar-refractivity contribution in [1.29, 1.82) is 0 Å². The van der Waals surface area contributed by atoms with Gasteiger partial charge in [-0.3, -0.25) is 9.59 Å². The Balaban J connectivity index is 0. The molecule has 0 aliphatic heterocycles. The molecule has 0 radical (unpaired) electrons. The Morgan fingerprint density at radius 1 is 0.270 bits per heavy atom. The molecule has 0 atom stereocenters. The van der Waals surface area contributed by atoms with Gasteiger partial charge in [0.25, 0.3) is 0 Å². The smallest absolute Gasteiger partial charge is 0.305 e. The summed E-state index contributed by atoms with van der Waals surface area (Å²) in [7, 11) is 0. The van der Waals surface area contributed by atoms with Gasteiger partial charge in [-0.15, -0.1) is 0 Å². The van der Waals surface area contributed by atoms with Crippen LogP contribution < -0.4 is 0 Å². The van der Waals surface area contributed by atoms with E-state index in [2.05, 4.69) is 160 Å². The summed E-state index contributed by atoms with van der Waals surface area (Å²) in [5, 5.41) is 8.61. The average molecular weight is 1020 g/mol. The number of aliphatic carboxylic acids is 1. The van der Waals surface area contributed by atoms with E-state index < -0.39 is 5.97 Å². The highest BCUT2D eigenvalue weighted by molar-refractivity contribution is 5.69. The van der Waals surface area contributed by atoms with Crippen LogP contribution in [0.5, 0.6) is 0 Å². The number of hydrogen-bond acceptors (Lipinski definition) is 3. The van der Waals surface area contributed by atoms with Gasteiger partial charge < -0.3 is 9.84 Å². The molecule has 0 unspecified atom stereocenters. The molecule has 0 amide bonds. The molecule has 0 spiro atoms. The molecule has 0 saturated heterocycles. The van der Waals surface area contributed by atoms with Crippen LogP contribution in [0.15, 0.2) is 146 Å². The standard InChI is InChI=1S/C36H60O2.C34H56O2/c1-3-5-6-7-8-9-10-11-12-13-14-15-16-17-18-19-20-21-22-23-24-25-26-27-28-29-30-31-32-33-34-35-36(37)38-4-2;1-2-3-4-5-6-7-8-9-10-11-12-13-14-15-16-17-18-19-20-21-22-23-24-25-26-27-28-29-30-31-32-33-34(35)36/h5-6,8-9,11-12,14-15,17-18,20-21H,3-4,7,10,13,16,19,22-35H2,1-2H3;3-4,6-7,9-10,12-13,15-16,18-19H,2,5,8,11,14,17,20-33H2,1H3,(H,35,36)/b6-5-,9-8-,12-11-,15-14-,18-17-,21-20-;4-3-,7-6-,10-9-,13-12-,16-15-,19-18-. The second kappa shape index (κ2) is 68.8. The van der Waals surface area contributed by atoms with E-state index in [0.717, 1.165) is 103 Å². The topological polar surface area (TPSA) is 63.6 Å². The van der Waals surface area contributed by atoms with Crippen molar-refractivity contribution in [2.45, 2.75) is 278 Å². The normalized spacial score (nSPS) is 12.6. The molecular weight excluding hydrogens is 905 g/mol. The molecule has 0 aromatic rings. The second-order valence-corrected chi connectivity index (χ2v) is 19.6. The van der Waals surface area contributed by atoms with Crippen LogP contribution in [-0.4, -0.2) is 23.7 Å². The first-order valence-corrected chi connectivity index (χ1v) is 30.8. The summed E-state index contributed by atoms with van der Waals surface area (Å²) in [6.45, 7) is 6.70. The monoisotopic (exact) mass is 1020 g/mol. The molecule has 420 valence electrons. The molecule has 0 heterocycles. The Morgan fingerprint density at radius 3 is 0.703 bits per heavy atom. The van der Waals surface area contributed by atoms with E-state index in [9.17, 15) is 9.59 Å². The van der Waals surface area contributed by atoms with Gasteiger partial charge in [0.05, 0.1) is 6.61 Å². The minimum atomic E-state index is -0.660. The predicted molar refractivity (Wildman–Crippen MR) is 330 cm³/mol. The number of carboxylic acid groups (broad SMARTS) is 1. The van der Waals surface area contributed by atoms with Crippen LogP contribution in [-0.2, 0) is 14.3 Å². The lowest BCUT2D eigenvalue weighted by Crippen LogP contribution is -2.03. The summed E-state index contributed by atoms with van der Waals surface area (Å²) in [6, 6.07) is 0. The number of allylic oxidation sites excluding steroid dienone is 24. The van der Waals surface area contributed by atoms with Crippen LogP contribution in [0, 0.1) is 0 Å². The average Bonchev–Trinajstić information content (AvgIpc) is 3.39. The van der Waals surface area contributed by atoms with Crippen LogP contribution in [0.4, 0.5) is 0 Å². The maximum atomic E-state index is 11.3. The molecule has 4 heteroatoms. The lowest BCUT2D eigenvalue weighted by molar-refractivity contribution is -0.143. The van der Waals surface area contributed by atoms with E-state index in [1.54, 1.807) is 0 Å². The number of carbonyl (C=O) groups is 2. The zero-order valence-electron chi connectivity index (χ0n) is 48.5. The van der Waals surface area contributed by atoms with Gasteiger partial charge in [-0.05, 0) is 122 Å². The molecule has 0 fully saturated rings. The third kappa shape index (κ3) is 72.1. The largest absolute Gasteiger partial charge is 0.481 e. The number of rotatable bonds is 53.